The van der Waals surface area contributed by atoms with Crippen LogP contribution in [0.3, 0.4) is 0 Å². The number of carbonyl (C=O) groups is 3. The lowest BCUT2D eigenvalue weighted by Crippen LogP contribution is -2.39. The summed E-state index contributed by atoms with van der Waals surface area (Å²) >= 11 is 0. The second-order valence-electron chi connectivity index (χ2n) is 12.7. The van der Waals surface area contributed by atoms with Gasteiger partial charge in [-0.1, -0.05) is 67.6 Å². The molecule has 57 heavy (non-hydrogen) atoms. The van der Waals surface area contributed by atoms with Gasteiger partial charge < -0.3 is 35.2 Å². The average Bonchev–Trinajstić information content (AvgIpc) is 3.19. The number of para-hydroxylation sites is 1. The number of benzene rings is 4. The molecular weight excluding hydrogens is 759 g/mol. The van der Waals surface area contributed by atoms with Crippen LogP contribution in [0, 0.1) is 11.6 Å². The highest BCUT2D eigenvalue weighted by Crippen LogP contribution is 2.31. The number of amides is 1. The van der Waals surface area contributed by atoms with Crippen LogP contribution in [0.1, 0.15) is 29.4 Å². The summed E-state index contributed by atoms with van der Waals surface area (Å²) in [5, 5.41) is 36.1. The van der Waals surface area contributed by atoms with Crippen molar-refractivity contribution in [3.8, 4) is 11.1 Å². The maximum absolute atomic E-state index is 14.4. The van der Waals surface area contributed by atoms with E-state index in [1.807, 2.05) is 19.1 Å². The van der Waals surface area contributed by atoms with Gasteiger partial charge in [0.2, 0.25) is 5.91 Å². The van der Waals surface area contributed by atoms with Gasteiger partial charge in [0.05, 0.1) is 16.5 Å². The fourth-order valence-electron chi connectivity index (χ4n) is 5.68. The molecule has 0 spiro atoms. The third-order valence-corrected chi connectivity index (χ3v) is 8.75. The molecule has 1 heterocycles. The molecule has 0 saturated carbocycles. The number of carboxylic acids is 2. The minimum atomic E-state index is -4.41. The van der Waals surface area contributed by atoms with E-state index in [4.69, 9.17) is 20.4 Å². The van der Waals surface area contributed by atoms with Crippen molar-refractivity contribution < 1.29 is 56.8 Å². The molecule has 0 aliphatic rings. The number of nitrogens with one attached hydrogen (secondary N) is 1. The zero-order chi connectivity index (χ0) is 41.9. The first-order valence-electron chi connectivity index (χ1n) is 17.5. The highest BCUT2D eigenvalue weighted by atomic mass is 19.4. The first-order valence-corrected chi connectivity index (χ1v) is 17.5. The van der Waals surface area contributed by atoms with Crippen LogP contribution in [0.5, 0.6) is 0 Å². The number of carbonyl (C=O) groups excluding carboxylic acids is 1. The zero-order valence-corrected chi connectivity index (χ0v) is 30.4. The quantitative estimate of drug-likeness (QED) is 0.0738. The molecule has 0 aliphatic heterocycles. The van der Waals surface area contributed by atoms with E-state index < -0.39 is 53.1 Å². The Balaban J connectivity index is 0.000000635. The smallest absolute Gasteiger partial charge is 0.416 e. The van der Waals surface area contributed by atoms with Gasteiger partial charge in [-0.2, -0.15) is 18.2 Å². The van der Waals surface area contributed by atoms with Crippen LogP contribution in [-0.2, 0) is 46.5 Å². The molecule has 0 radical (unpaired) electrons. The number of nitrogens with zero attached hydrogens (tertiary/aromatic N) is 3. The van der Waals surface area contributed by atoms with Gasteiger partial charge in [-0.3, -0.25) is 9.59 Å². The maximum Gasteiger partial charge on any atom is 0.416 e. The topological polar surface area (TPSA) is 182 Å². The normalized spacial score (nSPS) is 12.4. The molecule has 302 valence electrons. The minimum absolute atomic E-state index is 0.0674. The molecule has 1 amide bonds. The number of rotatable bonds is 15. The Kier molecular flexibility index (Phi) is 15.1. The number of aromatic nitrogens is 2. The van der Waals surface area contributed by atoms with Crippen molar-refractivity contribution in [1.29, 1.82) is 0 Å². The van der Waals surface area contributed by atoms with E-state index in [9.17, 15) is 41.1 Å². The SMILES string of the molecule is CCNCCN(Cc1ccc(-c2ccc(C(F)(F)F)cc2)cc1)C(=O)Cn1c(CCc2cccc(F)c2F)nc(=O)c2ccccc21.O=C(O)C(O)C(O)C(=O)O. The van der Waals surface area contributed by atoms with Gasteiger partial charge in [-0.05, 0) is 65.6 Å². The number of aryl methyl sites for hydroxylation is 2. The molecule has 2 unspecified atom stereocenters. The first-order chi connectivity index (χ1) is 27.0. The number of hydrogen-bond donors (Lipinski definition) is 5. The molecule has 5 rings (SSSR count). The van der Waals surface area contributed by atoms with E-state index in [0.29, 0.717) is 36.1 Å². The van der Waals surface area contributed by atoms with Crippen molar-refractivity contribution in [1.82, 2.24) is 19.8 Å². The Morgan fingerprint density at radius 1 is 0.825 bits per heavy atom. The minimum Gasteiger partial charge on any atom is -0.479 e. The summed E-state index contributed by atoms with van der Waals surface area (Å²) in [5.41, 5.74) is 1.63. The van der Waals surface area contributed by atoms with Gasteiger partial charge in [0.15, 0.2) is 23.8 Å². The Bertz CT molecular complexity index is 2210. The number of aliphatic hydroxyl groups is 2. The predicted molar refractivity (Wildman–Crippen MR) is 198 cm³/mol. The Hall–Kier alpha value is -6.04. The lowest BCUT2D eigenvalue weighted by Gasteiger charge is -2.25. The fraction of sp³-hybridized carbons (Fsp3) is 0.275. The van der Waals surface area contributed by atoms with Gasteiger partial charge in [0, 0.05) is 26.1 Å². The Labute approximate surface area is 322 Å². The van der Waals surface area contributed by atoms with E-state index >= 15 is 0 Å². The number of hydrogen-bond acceptors (Lipinski definition) is 8. The van der Waals surface area contributed by atoms with Crippen molar-refractivity contribution >= 4 is 28.7 Å². The number of fused-ring (bicyclic) bond motifs is 1. The van der Waals surface area contributed by atoms with E-state index in [0.717, 1.165) is 29.3 Å². The monoisotopic (exact) mass is 798 g/mol. The van der Waals surface area contributed by atoms with Crippen LogP contribution < -0.4 is 10.9 Å². The van der Waals surface area contributed by atoms with Crippen LogP contribution in [0.25, 0.3) is 22.0 Å². The summed E-state index contributed by atoms with van der Waals surface area (Å²) in [7, 11) is 0. The molecule has 0 fully saturated rings. The largest absolute Gasteiger partial charge is 0.479 e. The number of halogens is 5. The molecule has 17 heteroatoms. The summed E-state index contributed by atoms with van der Waals surface area (Å²) < 4.78 is 68.9. The van der Waals surface area contributed by atoms with E-state index in [2.05, 4.69) is 10.3 Å². The summed E-state index contributed by atoms with van der Waals surface area (Å²) in [6.45, 7) is 3.68. The first kappa shape index (κ1) is 43.7. The zero-order valence-electron chi connectivity index (χ0n) is 30.4. The lowest BCUT2D eigenvalue weighted by atomic mass is 10.0. The number of aliphatic hydroxyl groups excluding tert-OH is 2. The summed E-state index contributed by atoms with van der Waals surface area (Å²) in [6.07, 6.45) is -8.79. The van der Waals surface area contributed by atoms with Crippen LogP contribution in [0.15, 0.2) is 95.8 Å². The Morgan fingerprint density at radius 2 is 1.42 bits per heavy atom. The molecule has 0 saturated heterocycles. The Morgan fingerprint density at radius 3 is 2.00 bits per heavy atom. The summed E-state index contributed by atoms with van der Waals surface area (Å²) in [6, 6.07) is 22.9. The molecule has 0 aliphatic carbocycles. The van der Waals surface area contributed by atoms with Gasteiger partial charge in [0.1, 0.15) is 12.4 Å². The second kappa shape index (κ2) is 19.7. The molecule has 2 atom stereocenters. The summed E-state index contributed by atoms with van der Waals surface area (Å²) in [5.74, 6) is -5.44. The third kappa shape index (κ3) is 11.7. The van der Waals surface area contributed by atoms with Crippen molar-refractivity contribution in [3.05, 3.63) is 135 Å². The van der Waals surface area contributed by atoms with Crippen LogP contribution in [-0.4, -0.2) is 84.6 Å². The van der Waals surface area contributed by atoms with Gasteiger partial charge >= 0.3 is 18.1 Å². The van der Waals surface area contributed by atoms with Gasteiger partial charge in [0.25, 0.3) is 5.56 Å². The third-order valence-electron chi connectivity index (χ3n) is 8.75. The van der Waals surface area contributed by atoms with E-state index in [-0.39, 0.29) is 43.2 Å². The highest BCUT2D eigenvalue weighted by molar-refractivity contribution is 5.83. The number of alkyl halides is 3. The molecular formula is C40H39F5N4O8. The summed E-state index contributed by atoms with van der Waals surface area (Å²) in [4.78, 5) is 52.3. The lowest BCUT2D eigenvalue weighted by molar-refractivity contribution is -0.165. The van der Waals surface area contributed by atoms with Gasteiger partial charge in [-0.25, -0.2) is 18.4 Å². The second-order valence-corrected chi connectivity index (χ2v) is 12.7. The molecule has 1 aromatic heterocycles. The van der Waals surface area contributed by atoms with Crippen molar-refractivity contribution in [3.63, 3.8) is 0 Å². The van der Waals surface area contributed by atoms with Crippen LogP contribution in [0.4, 0.5) is 22.0 Å². The van der Waals surface area contributed by atoms with Crippen molar-refractivity contribution in [2.75, 3.05) is 19.6 Å². The predicted octanol–water partition coefficient (Wildman–Crippen LogP) is 4.66. The molecule has 12 nitrogen and oxygen atoms in total. The van der Waals surface area contributed by atoms with E-state index in [1.54, 1.807) is 45.9 Å². The average molecular weight is 799 g/mol. The fourth-order valence-corrected chi connectivity index (χ4v) is 5.68. The van der Waals surface area contributed by atoms with Gasteiger partial charge in [-0.15, -0.1) is 0 Å². The van der Waals surface area contributed by atoms with Crippen LogP contribution >= 0.6 is 0 Å². The standard InChI is InChI=1S/C36H33F5N4O2.C4H6O6/c1-2-42-20-21-44(22-24-10-12-25(13-11-24)26-14-17-28(18-15-26)36(39,40)41)33(46)23-45-31-9-4-3-7-29(31)35(47)43-32(45)19-16-27-6-5-8-30(37)34(27)38;5-1(3(7)8)2(6)4(9)10/h3-15,17-18,42H,2,16,19-23H2,1H3;1-2,5-6H,(H,7,8)(H,9,10). The molecule has 4 aromatic carbocycles. The highest BCUT2D eigenvalue weighted by Gasteiger charge is 2.30. The van der Waals surface area contributed by atoms with Crippen molar-refractivity contribution in [2.24, 2.45) is 0 Å². The van der Waals surface area contributed by atoms with Crippen molar-refractivity contribution in [2.45, 2.75) is 51.2 Å². The number of likely N-dealkylation sites (N-methyl/N-ethyl adjacent to an activating group) is 1. The van der Waals surface area contributed by atoms with Crippen LogP contribution in [0.2, 0.25) is 0 Å². The molecule has 0 bridgehead atoms. The molecule has 5 aromatic rings. The number of aliphatic carboxylic acids is 2. The number of carboxylic acid groups (broad SMARTS) is 2. The molecule has 5 N–H and O–H groups in total. The maximum atomic E-state index is 14.4. The van der Waals surface area contributed by atoms with E-state index in [1.165, 1.54) is 24.3 Å².